The van der Waals surface area contributed by atoms with Gasteiger partial charge in [0.1, 0.15) is 30.8 Å². The highest BCUT2D eigenvalue weighted by Gasteiger charge is 2.44. The van der Waals surface area contributed by atoms with Crippen LogP contribution in [-0.4, -0.2) is 281 Å². The van der Waals surface area contributed by atoms with E-state index >= 15 is 0 Å². The van der Waals surface area contributed by atoms with E-state index in [0.29, 0.717) is 129 Å². The fourth-order valence-corrected chi connectivity index (χ4v) is 12.6. The molecular formula is C77H129N13O21. The zero-order chi connectivity index (χ0) is 82.2. The summed E-state index contributed by atoms with van der Waals surface area (Å²) in [6.45, 7) is 24.3. The number of aliphatic hydroxyl groups excluding tert-OH is 1. The maximum absolute atomic E-state index is 14.9. The van der Waals surface area contributed by atoms with E-state index in [1.54, 1.807) is 109 Å². The molecule has 34 nitrogen and oxygen atoms in total. The number of methoxy groups -OCH3 is 2. The Hall–Kier alpha value is -7.86. The zero-order valence-electron chi connectivity index (χ0n) is 67.8. The van der Waals surface area contributed by atoms with E-state index in [1.165, 1.54) is 26.2 Å². The number of nitrogens with two attached hydrogens (primary N) is 1. The third-order valence-electron chi connectivity index (χ3n) is 19.0. The third kappa shape index (κ3) is 36.7. The molecule has 1 saturated heterocycles. The molecule has 0 saturated carbocycles. The smallest absolute Gasteiger partial charge is 0.410 e. The topological polar surface area (TPSA) is 432 Å². The van der Waals surface area contributed by atoms with Crippen molar-refractivity contribution in [2.24, 2.45) is 40.4 Å². The highest BCUT2D eigenvalue weighted by Crippen LogP contribution is 2.31. The molecule has 1 aliphatic heterocycles. The standard InChI is InChI=1S/C77H129N13O21/c1-15-54(8)68(62(101-13)49-64(92)90-32-20-24-61(90)70(102-14)55(9)71(94)82-56(10)69(93)58-21-17-16-18-22-58)88(11)75(98)66(52(4)5)86-74(97)67(53(6)7)89(12)77(100)111-50-57-25-27-59(28-26-57)83-72(95)60(23-19-30-80-76(78)99)84-73(96)65(51(2)3)85-63(91)29-33-103-35-37-105-39-41-107-43-45-109-47-48-110-46-44-108-42-40-106-38-36-104-34-31-81-87-79/h16-18,21-22,25-28,51-56,60-62,65-70,93H,15,19-20,23-24,29-50H2,1-14H3,(H,82,94)(H,83,95)(H,84,96)(H,85,91)(H,86,97)(H3,78,80,99)/t54-,55+,56+,60-,61-,62?,65-,66-,67-,68-,69+,70+/m0/s1. The van der Waals surface area contributed by atoms with E-state index in [-0.39, 0.29) is 88.9 Å². The number of hydrogen-bond acceptors (Lipinski definition) is 22. The SMILES string of the molecule is CC[C@H](C)[C@@H](C(CC(=O)N1CCC[C@H]1[C@H](OC)[C@@H](C)C(=O)N[C@H](C)[C@@H](O)c1ccccc1)OC)N(C)C(=O)[C@@H](NC(=O)[C@H](C(C)C)N(C)C(=O)OCc1ccc(NC(=O)[C@H](CCCNC(N)=O)NC(=O)[C@@H](NC(=O)CCOCCOCCOCCOCCOCCOCCOCCOCCN=[N+]=[N-])C(C)C)cc1)C(C)C. The summed E-state index contributed by atoms with van der Waals surface area (Å²) < 4.78 is 61.6. The molecule has 0 spiro atoms. The second kappa shape index (κ2) is 55.6. The predicted molar refractivity (Wildman–Crippen MR) is 414 cm³/mol. The number of primary amides is 1. The van der Waals surface area contributed by atoms with E-state index in [0.717, 1.165) is 0 Å². The number of hydrogen-bond donors (Lipinski definition) is 8. The zero-order valence-corrected chi connectivity index (χ0v) is 67.8. The Balaban J connectivity index is 1.50. The van der Waals surface area contributed by atoms with E-state index < -0.39 is 120 Å². The lowest BCUT2D eigenvalue weighted by molar-refractivity contribution is -0.148. The third-order valence-corrected chi connectivity index (χ3v) is 19.0. The molecule has 12 atom stereocenters. The van der Waals surface area contributed by atoms with Crippen LogP contribution < -0.4 is 37.6 Å². The Kier molecular flexibility index (Phi) is 48.7. The summed E-state index contributed by atoms with van der Waals surface area (Å²) in [4.78, 5) is 131. The number of likely N-dealkylation sites (tertiary alicyclic amines) is 1. The molecule has 111 heavy (non-hydrogen) atoms. The highest BCUT2D eigenvalue weighted by atomic mass is 16.6. The number of nitrogens with zero attached hydrogens (tertiary/aromatic N) is 6. The normalized spacial score (nSPS) is 15.8. The van der Waals surface area contributed by atoms with Gasteiger partial charge in [-0.2, -0.15) is 0 Å². The maximum atomic E-state index is 14.9. The number of ether oxygens (including phenoxy) is 11. The minimum Gasteiger partial charge on any atom is -0.445 e. The molecule has 10 amide bonds. The molecule has 2 aromatic carbocycles. The number of likely N-dealkylation sites (N-methyl/N-ethyl adjacent to an activating group) is 2. The summed E-state index contributed by atoms with van der Waals surface area (Å²) in [5.74, 6) is -5.38. The number of carbonyl (C=O) groups excluding carboxylic acids is 9. The number of rotatable bonds is 59. The summed E-state index contributed by atoms with van der Waals surface area (Å²) in [5, 5.41) is 31.0. The van der Waals surface area contributed by atoms with Gasteiger partial charge in [-0.25, -0.2) is 9.59 Å². The quantitative estimate of drug-likeness (QED) is 0.0177. The van der Waals surface area contributed by atoms with Crippen molar-refractivity contribution in [3.63, 3.8) is 0 Å². The molecule has 628 valence electrons. The van der Waals surface area contributed by atoms with Crippen LogP contribution in [-0.2, 0) is 92.3 Å². The van der Waals surface area contributed by atoms with Gasteiger partial charge in [0.2, 0.25) is 41.4 Å². The van der Waals surface area contributed by atoms with E-state index in [4.69, 9.17) is 63.4 Å². The maximum Gasteiger partial charge on any atom is 0.410 e. The first-order valence-corrected chi connectivity index (χ1v) is 38.6. The van der Waals surface area contributed by atoms with Crippen LogP contribution >= 0.6 is 0 Å². The Labute approximate surface area is 655 Å². The van der Waals surface area contributed by atoms with Gasteiger partial charge in [-0.15, -0.1) is 0 Å². The van der Waals surface area contributed by atoms with Gasteiger partial charge in [0, 0.05) is 65.0 Å². The van der Waals surface area contributed by atoms with Crippen molar-refractivity contribution in [3.05, 3.63) is 76.2 Å². The molecule has 3 rings (SSSR count). The fourth-order valence-electron chi connectivity index (χ4n) is 12.6. The molecule has 1 fully saturated rings. The molecule has 0 aromatic heterocycles. The summed E-state index contributed by atoms with van der Waals surface area (Å²) in [6, 6.07) is 8.70. The van der Waals surface area contributed by atoms with Crippen molar-refractivity contribution in [2.75, 3.05) is 159 Å². The minimum atomic E-state index is -1.12. The monoisotopic (exact) mass is 1570 g/mol. The first kappa shape index (κ1) is 97.3. The number of anilines is 1. The van der Waals surface area contributed by atoms with Gasteiger partial charge in [-0.3, -0.25) is 38.5 Å². The van der Waals surface area contributed by atoms with Crippen LogP contribution in [0.1, 0.15) is 131 Å². The fraction of sp³-hybridized carbons (Fsp3) is 0.727. The molecule has 2 aromatic rings. The number of carbonyl (C=O) groups is 9. The molecule has 0 bridgehead atoms. The average Bonchev–Trinajstić information content (AvgIpc) is 1.79. The first-order chi connectivity index (χ1) is 53.1. The second-order valence-corrected chi connectivity index (χ2v) is 28.4. The highest BCUT2D eigenvalue weighted by molar-refractivity contribution is 5.98. The lowest BCUT2D eigenvalue weighted by Gasteiger charge is -2.41. The number of nitrogens with one attached hydrogen (secondary N) is 6. The summed E-state index contributed by atoms with van der Waals surface area (Å²) in [6.07, 6.45) is -1.16. The Morgan fingerprint density at radius 3 is 1.68 bits per heavy atom. The summed E-state index contributed by atoms with van der Waals surface area (Å²) in [7, 11) is 6.08. The largest absolute Gasteiger partial charge is 0.445 e. The number of urea groups is 1. The lowest BCUT2D eigenvalue weighted by atomic mass is 9.89. The number of amides is 10. The minimum absolute atomic E-state index is 0.0547. The van der Waals surface area contributed by atoms with Crippen molar-refractivity contribution in [2.45, 2.75) is 181 Å². The van der Waals surface area contributed by atoms with Crippen LogP contribution in [0.5, 0.6) is 0 Å². The van der Waals surface area contributed by atoms with Crippen LogP contribution in [0.4, 0.5) is 15.3 Å². The van der Waals surface area contributed by atoms with E-state index in [1.807, 2.05) is 32.0 Å². The van der Waals surface area contributed by atoms with Crippen molar-refractivity contribution in [1.82, 2.24) is 41.3 Å². The Morgan fingerprint density at radius 2 is 1.18 bits per heavy atom. The van der Waals surface area contributed by atoms with Crippen molar-refractivity contribution >= 4 is 59.2 Å². The van der Waals surface area contributed by atoms with Crippen LogP contribution in [0.3, 0.4) is 0 Å². The van der Waals surface area contributed by atoms with Crippen LogP contribution in [0.15, 0.2) is 59.7 Å². The number of benzene rings is 2. The summed E-state index contributed by atoms with van der Waals surface area (Å²) >= 11 is 0. The number of azide groups is 1. The lowest BCUT2D eigenvalue weighted by Crippen LogP contribution is -2.60. The van der Waals surface area contributed by atoms with Gasteiger partial charge < -0.3 is 105 Å². The molecule has 0 radical (unpaired) electrons. The Bertz CT molecular complexity index is 3080. The molecule has 1 heterocycles. The van der Waals surface area contributed by atoms with Gasteiger partial charge in [-0.05, 0) is 85.1 Å². The summed E-state index contributed by atoms with van der Waals surface area (Å²) in [5.41, 5.74) is 15.0. The molecule has 1 unspecified atom stereocenters. The Morgan fingerprint density at radius 1 is 0.640 bits per heavy atom. The van der Waals surface area contributed by atoms with Gasteiger partial charge >= 0.3 is 12.1 Å². The van der Waals surface area contributed by atoms with Crippen LogP contribution in [0.25, 0.3) is 10.4 Å². The molecule has 9 N–H and O–H groups in total. The van der Waals surface area contributed by atoms with Crippen molar-refractivity contribution < 1.29 is 100 Å². The molecular weight excluding hydrogens is 1440 g/mol. The van der Waals surface area contributed by atoms with E-state index in [2.05, 4.69) is 41.9 Å². The van der Waals surface area contributed by atoms with Crippen LogP contribution in [0, 0.1) is 29.6 Å². The van der Waals surface area contributed by atoms with Crippen molar-refractivity contribution in [1.29, 1.82) is 0 Å². The van der Waals surface area contributed by atoms with Gasteiger partial charge in [0.05, 0.1) is 154 Å². The average molecular weight is 1570 g/mol. The van der Waals surface area contributed by atoms with Crippen LogP contribution in [0.2, 0.25) is 0 Å². The first-order valence-electron chi connectivity index (χ1n) is 38.6. The van der Waals surface area contributed by atoms with E-state index in [9.17, 15) is 48.3 Å². The number of aliphatic hydroxyl groups is 1. The predicted octanol–water partition coefficient (Wildman–Crippen LogP) is 5.42. The molecule has 1 aliphatic rings. The van der Waals surface area contributed by atoms with Gasteiger partial charge in [0.15, 0.2) is 0 Å². The molecule has 34 heteroatoms. The molecule has 0 aliphatic carbocycles. The second-order valence-electron chi connectivity index (χ2n) is 28.4. The van der Waals surface area contributed by atoms with Crippen molar-refractivity contribution in [3.8, 4) is 0 Å². The van der Waals surface area contributed by atoms with Gasteiger partial charge in [0.25, 0.3) is 0 Å². The van der Waals surface area contributed by atoms with Gasteiger partial charge in [-0.1, -0.05) is 116 Å².